The van der Waals surface area contributed by atoms with Crippen LogP contribution in [-0.2, 0) is 6.42 Å². The number of nitriles is 1. The molecule has 0 amide bonds. The number of rotatable bonds is 3. The van der Waals surface area contributed by atoms with Gasteiger partial charge in [-0.3, -0.25) is 0 Å². The van der Waals surface area contributed by atoms with Gasteiger partial charge < -0.3 is 11.1 Å². The van der Waals surface area contributed by atoms with Crippen molar-refractivity contribution >= 4 is 5.69 Å². The lowest BCUT2D eigenvalue weighted by molar-refractivity contribution is 0.465. The second kappa shape index (κ2) is 5.59. The van der Waals surface area contributed by atoms with Gasteiger partial charge in [0, 0.05) is 17.8 Å². The van der Waals surface area contributed by atoms with Crippen LogP contribution < -0.4 is 11.1 Å². The van der Waals surface area contributed by atoms with Crippen molar-refractivity contribution in [1.82, 2.24) is 5.32 Å². The van der Waals surface area contributed by atoms with E-state index >= 15 is 0 Å². The highest BCUT2D eigenvalue weighted by atomic mass is 14.9. The molecular weight excluding hydrogens is 258 g/mol. The molecule has 0 radical (unpaired) electrons. The SMILES string of the molecule is CC(NC1CCc2cc(N)ccc21)c1ccc(C#N)cc1. The fourth-order valence-electron chi connectivity index (χ4n) is 3.05. The molecule has 0 saturated carbocycles. The third kappa shape index (κ3) is 2.76. The summed E-state index contributed by atoms with van der Waals surface area (Å²) in [5.41, 5.74) is 11.3. The van der Waals surface area contributed by atoms with E-state index in [1.807, 2.05) is 30.3 Å². The van der Waals surface area contributed by atoms with Gasteiger partial charge in [-0.25, -0.2) is 0 Å². The molecule has 1 aliphatic carbocycles. The summed E-state index contributed by atoms with van der Waals surface area (Å²) in [6.45, 7) is 2.16. The first-order valence-corrected chi connectivity index (χ1v) is 7.32. The van der Waals surface area contributed by atoms with E-state index in [9.17, 15) is 0 Å². The molecule has 0 aliphatic heterocycles. The third-order valence-corrected chi connectivity index (χ3v) is 4.24. The van der Waals surface area contributed by atoms with Gasteiger partial charge >= 0.3 is 0 Å². The molecule has 3 N–H and O–H groups in total. The molecule has 3 nitrogen and oxygen atoms in total. The number of benzene rings is 2. The van der Waals surface area contributed by atoms with E-state index in [0.29, 0.717) is 11.6 Å². The molecule has 0 saturated heterocycles. The van der Waals surface area contributed by atoms with Crippen molar-refractivity contribution in [2.45, 2.75) is 31.8 Å². The molecule has 106 valence electrons. The summed E-state index contributed by atoms with van der Waals surface area (Å²) in [5.74, 6) is 0. The van der Waals surface area contributed by atoms with Gasteiger partial charge in [0.1, 0.15) is 0 Å². The standard InChI is InChI=1S/C18H19N3/c1-12(14-4-2-13(11-19)3-5-14)21-18-9-6-15-10-16(20)7-8-17(15)18/h2-5,7-8,10,12,18,21H,6,9,20H2,1H3. The number of fused-ring (bicyclic) bond motifs is 1. The average molecular weight is 277 g/mol. The summed E-state index contributed by atoms with van der Waals surface area (Å²) in [7, 11) is 0. The number of anilines is 1. The average Bonchev–Trinajstić information content (AvgIpc) is 2.89. The van der Waals surface area contributed by atoms with E-state index in [2.05, 4.69) is 30.4 Å². The maximum Gasteiger partial charge on any atom is 0.0991 e. The molecule has 1 aliphatic rings. The zero-order valence-corrected chi connectivity index (χ0v) is 12.1. The predicted molar refractivity (Wildman–Crippen MR) is 84.6 cm³/mol. The highest BCUT2D eigenvalue weighted by Gasteiger charge is 2.23. The minimum absolute atomic E-state index is 0.256. The van der Waals surface area contributed by atoms with Crippen LogP contribution in [0.2, 0.25) is 0 Å². The number of nitrogens with zero attached hydrogens (tertiary/aromatic N) is 1. The maximum atomic E-state index is 8.85. The number of nitrogens with one attached hydrogen (secondary N) is 1. The van der Waals surface area contributed by atoms with Gasteiger partial charge in [0.25, 0.3) is 0 Å². The molecule has 2 aromatic rings. The summed E-state index contributed by atoms with van der Waals surface area (Å²) in [5, 5.41) is 12.5. The lowest BCUT2D eigenvalue weighted by Crippen LogP contribution is -2.23. The molecule has 3 rings (SSSR count). The maximum absolute atomic E-state index is 8.85. The smallest absolute Gasteiger partial charge is 0.0991 e. The van der Waals surface area contributed by atoms with Crippen molar-refractivity contribution in [1.29, 1.82) is 5.26 Å². The highest BCUT2D eigenvalue weighted by molar-refractivity contribution is 5.47. The van der Waals surface area contributed by atoms with E-state index in [-0.39, 0.29) is 6.04 Å². The fraction of sp³-hybridized carbons (Fsp3) is 0.278. The third-order valence-electron chi connectivity index (χ3n) is 4.24. The van der Waals surface area contributed by atoms with Crippen LogP contribution in [0.5, 0.6) is 0 Å². The largest absolute Gasteiger partial charge is 0.399 e. The summed E-state index contributed by atoms with van der Waals surface area (Å²) < 4.78 is 0. The molecule has 0 fully saturated rings. The first kappa shape index (κ1) is 13.7. The Morgan fingerprint density at radius 3 is 2.71 bits per heavy atom. The molecule has 2 aromatic carbocycles. The van der Waals surface area contributed by atoms with Crippen LogP contribution in [0.25, 0.3) is 0 Å². The fourth-order valence-corrected chi connectivity index (χ4v) is 3.05. The zero-order valence-electron chi connectivity index (χ0n) is 12.1. The Hall–Kier alpha value is -2.31. The van der Waals surface area contributed by atoms with Gasteiger partial charge in [0.05, 0.1) is 11.6 Å². The Morgan fingerprint density at radius 1 is 1.24 bits per heavy atom. The van der Waals surface area contributed by atoms with Crippen LogP contribution in [0, 0.1) is 11.3 Å². The van der Waals surface area contributed by atoms with Crippen LogP contribution >= 0.6 is 0 Å². The Morgan fingerprint density at radius 2 is 2.00 bits per heavy atom. The van der Waals surface area contributed by atoms with Gasteiger partial charge in [0.2, 0.25) is 0 Å². The molecule has 0 heterocycles. The highest BCUT2D eigenvalue weighted by Crippen LogP contribution is 2.34. The molecule has 21 heavy (non-hydrogen) atoms. The van der Waals surface area contributed by atoms with Crippen molar-refractivity contribution in [3.05, 3.63) is 64.7 Å². The minimum Gasteiger partial charge on any atom is -0.399 e. The van der Waals surface area contributed by atoms with Gasteiger partial charge in [-0.05, 0) is 60.7 Å². The second-order valence-corrected chi connectivity index (χ2v) is 5.67. The lowest BCUT2D eigenvalue weighted by atomic mass is 10.0. The van der Waals surface area contributed by atoms with Crippen molar-refractivity contribution < 1.29 is 0 Å². The Balaban J connectivity index is 1.74. The number of aryl methyl sites for hydroxylation is 1. The van der Waals surface area contributed by atoms with Crippen molar-refractivity contribution in [2.24, 2.45) is 0 Å². The van der Waals surface area contributed by atoms with Crippen molar-refractivity contribution in [2.75, 3.05) is 5.73 Å². The topological polar surface area (TPSA) is 61.8 Å². The van der Waals surface area contributed by atoms with Gasteiger partial charge in [0.15, 0.2) is 0 Å². The first-order valence-electron chi connectivity index (χ1n) is 7.32. The number of hydrogen-bond acceptors (Lipinski definition) is 3. The molecule has 0 aromatic heterocycles. The Kier molecular flexibility index (Phi) is 3.64. The van der Waals surface area contributed by atoms with Crippen LogP contribution in [0.1, 0.15) is 47.7 Å². The molecule has 2 atom stereocenters. The van der Waals surface area contributed by atoms with Gasteiger partial charge in [-0.1, -0.05) is 18.2 Å². The lowest BCUT2D eigenvalue weighted by Gasteiger charge is -2.21. The van der Waals surface area contributed by atoms with E-state index < -0.39 is 0 Å². The molecule has 2 unspecified atom stereocenters. The molecule has 0 spiro atoms. The quantitative estimate of drug-likeness (QED) is 0.844. The predicted octanol–water partition coefficient (Wildman–Crippen LogP) is 3.48. The van der Waals surface area contributed by atoms with E-state index in [0.717, 1.165) is 18.5 Å². The van der Waals surface area contributed by atoms with Crippen molar-refractivity contribution in [3.8, 4) is 6.07 Å². The summed E-state index contributed by atoms with van der Waals surface area (Å²) in [6, 6.07) is 16.8. The normalized spacial score (nSPS) is 18.0. The molecular formula is C18H19N3. The Bertz CT molecular complexity index is 683. The van der Waals surface area contributed by atoms with Gasteiger partial charge in [-0.15, -0.1) is 0 Å². The van der Waals surface area contributed by atoms with Crippen LogP contribution in [0.4, 0.5) is 5.69 Å². The Labute approximate surface area is 125 Å². The summed E-state index contributed by atoms with van der Waals surface area (Å²) in [4.78, 5) is 0. The summed E-state index contributed by atoms with van der Waals surface area (Å²) in [6.07, 6.45) is 2.19. The van der Waals surface area contributed by atoms with Crippen LogP contribution in [0.15, 0.2) is 42.5 Å². The van der Waals surface area contributed by atoms with Gasteiger partial charge in [-0.2, -0.15) is 5.26 Å². The zero-order chi connectivity index (χ0) is 14.8. The first-order chi connectivity index (χ1) is 10.2. The monoisotopic (exact) mass is 277 g/mol. The molecule has 0 bridgehead atoms. The summed E-state index contributed by atoms with van der Waals surface area (Å²) >= 11 is 0. The van der Waals surface area contributed by atoms with Crippen LogP contribution in [-0.4, -0.2) is 0 Å². The second-order valence-electron chi connectivity index (χ2n) is 5.67. The van der Waals surface area contributed by atoms with E-state index in [4.69, 9.17) is 11.0 Å². The number of hydrogen-bond donors (Lipinski definition) is 2. The van der Waals surface area contributed by atoms with E-state index in [1.54, 1.807) is 0 Å². The molecule has 3 heteroatoms. The van der Waals surface area contributed by atoms with E-state index in [1.165, 1.54) is 16.7 Å². The van der Waals surface area contributed by atoms with Crippen LogP contribution in [0.3, 0.4) is 0 Å². The number of nitrogens with two attached hydrogens (primary N) is 1. The number of nitrogen functional groups attached to an aromatic ring is 1. The van der Waals surface area contributed by atoms with Crippen molar-refractivity contribution in [3.63, 3.8) is 0 Å². The minimum atomic E-state index is 0.256.